The first-order chi connectivity index (χ1) is 14.0. The number of nitrogens with one attached hydrogen (secondary N) is 1. The van der Waals surface area contributed by atoms with Crippen molar-refractivity contribution in [1.29, 1.82) is 0 Å². The molecule has 0 unspecified atom stereocenters. The van der Waals surface area contributed by atoms with Crippen molar-refractivity contribution in [2.45, 2.75) is 39.0 Å². The molecular formula is C25H27NO3. The predicted octanol–water partition coefficient (Wildman–Crippen LogP) is 5.37. The zero-order chi connectivity index (χ0) is 20.8. The van der Waals surface area contributed by atoms with Crippen LogP contribution in [0, 0.1) is 0 Å². The van der Waals surface area contributed by atoms with Gasteiger partial charge in [-0.15, -0.1) is 0 Å². The van der Waals surface area contributed by atoms with Gasteiger partial charge in [0, 0.05) is 12.1 Å². The summed E-state index contributed by atoms with van der Waals surface area (Å²) in [4.78, 5) is 23.8. The van der Waals surface area contributed by atoms with Crippen molar-refractivity contribution in [2.24, 2.45) is 0 Å². The number of aromatic carboxylic acids is 1. The Balaban J connectivity index is 1.64. The largest absolute Gasteiger partial charge is 0.478 e. The highest BCUT2D eigenvalue weighted by Gasteiger charge is 2.19. The summed E-state index contributed by atoms with van der Waals surface area (Å²) in [7, 11) is 0. The van der Waals surface area contributed by atoms with Gasteiger partial charge in [0.2, 0.25) is 0 Å². The molecule has 29 heavy (non-hydrogen) atoms. The number of hydrogen-bond donors (Lipinski definition) is 2. The lowest BCUT2D eigenvalue weighted by Crippen LogP contribution is -2.24. The number of hydrogen-bond acceptors (Lipinski definition) is 2. The van der Waals surface area contributed by atoms with E-state index in [0.717, 1.165) is 36.0 Å². The molecule has 0 aromatic heterocycles. The molecule has 150 valence electrons. The number of fused-ring (bicyclic) bond motifs is 1. The molecule has 1 aromatic rings. The molecule has 2 aliphatic carbocycles. The van der Waals surface area contributed by atoms with E-state index in [1.807, 2.05) is 36.4 Å². The quantitative estimate of drug-likeness (QED) is 0.509. The SMILES string of the molecule is CC(C)c1ccc2c(CCCCNC(=O)c3ccccc3)cc(C(=O)O)c-2cc1. The van der Waals surface area contributed by atoms with E-state index in [9.17, 15) is 14.7 Å². The predicted molar refractivity (Wildman–Crippen MR) is 116 cm³/mol. The van der Waals surface area contributed by atoms with Crippen LogP contribution in [0.4, 0.5) is 0 Å². The van der Waals surface area contributed by atoms with E-state index in [2.05, 4.69) is 25.2 Å². The molecule has 4 nitrogen and oxygen atoms in total. The lowest BCUT2D eigenvalue weighted by molar-refractivity contribution is 0.0697. The summed E-state index contributed by atoms with van der Waals surface area (Å²) in [6, 6.07) is 19.0. The Morgan fingerprint density at radius 2 is 1.62 bits per heavy atom. The van der Waals surface area contributed by atoms with Crippen LogP contribution in [0.25, 0.3) is 11.1 Å². The minimum absolute atomic E-state index is 0.0641. The van der Waals surface area contributed by atoms with Crippen LogP contribution in [0.5, 0.6) is 0 Å². The van der Waals surface area contributed by atoms with E-state index in [1.54, 1.807) is 18.2 Å². The molecular weight excluding hydrogens is 362 g/mol. The summed E-state index contributed by atoms with van der Waals surface area (Å²) >= 11 is 0. The van der Waals surface area contributed by atoms with Crippen molar-refractivity contribution in [1.82, 2.24) is 5.32 Å². The van der Waals surface area contributed by atoms with Crippen molar-refractivity contribution in [2.75, 3.05) is 6.54 Å². The summed E-state index contributed by atoms with van der Waals surface area (Å²) in [6.45, 7) is 4.86. The Morgan fingerprint density at radius 1 is 0.931 bits per heavy atom. The van der Waals surface area contributed by atoms with Crippen LogP contribution in [-0.2, 0) is 6.42 Å². The number of amides is 1. The van der Waals surface area contributed by atoms with Gasteiger partial charge < -0.3 is 10.4 Å². The Morgan fingerprint density at radius 3 is 2.28 bits per heavy atom. The molecule has 4 heteroatoms. The van der Waals surface area contributed by atoms with Gasteiger partial charge in [-0.2, -0.15) is 0 Å². The smallest absolute Gasteiger partial charge is 0.336 e. The number of aryl methyl sites for hydroxylation is 1. The zero-order valence-electron chi connectivity index (χ0n) is 16.9. The van der Waals surface area contributed by atoms with Crippen molar-refractivity contribution in [3.63, 3.8) is 0 Å². The number of carbonyl (C=O) groups is 2. The fourth-order valence-corrected chi connectivity index (χ4v) is 3.54. The third-order valence-corrected chi connectivity index (χ3v) is 5.22. The second kappa shape index (κ2) is 9.37. The number of carbonyl (C=O) groups excluding carboxylic acids is 1. The second-order valence-electron chi connectivity index (χ2n) is 7.62. The Bertz CT molecular complexity index is 963. The first-order valence-corrected chi connectivity index (χ1v) is 10.1. The van der Waals surface area contributed by atoms with E-state index in [1.165, 1.54) is 5.56 Å². The van der Waals surface area contributed by atoms with Crippen molar-refractivity contribution in [3.8, 4) is 11.1 Å². The minimum Gasteiger partial charge on any atom is -0.478 e. The van der Waals surface area contributed by atoms with Crippen LogP contribution >= 0.6 is 0 Å². The maximum Gasteiger partial charge on any atom is 0.336 e. The summed E-state index contributed by atoms with van der Waals surface area (Å²) in [5.74, 6) is -0.573. The topological polar surface area (TPSA) is 66.4 Å². The lowest BCUT2D eigenvalue weighted by Gasteiger charge is -2.06. The summed E-state index contributed by atoms with van der Waals surface area (Å²) in [5.41, 5.74) is 5.05. The molecule has 2 aliphatic rings. The number of rotatable bonds is 8. The molecule has 0 atom stereocenters. The van der Waals surface area contributed by atoms with E-state index >= 15 is 0 Å². The van der Waals surface area contributed by atoms with E-state index in [4.69, 9.17) is 0 Å². The first kappa shape index (κ1) is 20.6. The maximum atomic E-state index is 12.1. The van der Waals surface area contributed by atoms with Crippen LogP contribution < -0.4 is 5.32 Å². The number of unbranched alkanes of at least 4 members (excludes halogenated alkanes) is 1. The zero-order valence-corrected chi connectivity index (χ0v) is 16.9. The van der Waals surface area contributed by atoms with Gasteiger partial charge in [-0.3, -0.25) is 4.79 Å². The van der Waals surface area contributed by atoms with E-state index < -0.39 is 5.97 Å². The minimum atomic E-state index is -0.895. The molecule has 0 spiro atoms. The monoisotopic (exact) mass is 389 g/mol. The fourth-order valence-electron chi connectivity index (χ4n) is 3.54. The normalized spacial score (nSPS) is 11.0. The molecule has 1 aromatic carbocycles. The van der Waals surface area contributed by atoms with Gasteiger partial charge >= 0.3 is 5.97 Å². The average Bonchev–Trinajstić information content (AvgIpc) is 2.90. The molecule has 0 saturated heterocycles. The van der Waals surface area contributed by atoms with Gasteiger partial charge in [-0.25, -0.2) is 4.79 Å². The number of carboxylic acids is 1. The third kappa shape index (κ3) is 5.02. The molecule has 0 bridgehead atoms. The first-order valence-electron chi connectivity index (χ1n) is 10.1. The fraction of sp³-hybridized carbons (Fsp3) is 0.280. The van der Waals surface area contributed by atoms with Crippen molar-refractivity contribution in [3.05, 3.63) is 82.9 Å². The Hall–Kier alpha value is -3.14. The molecule has 0 heterocycles. The second-order valence-corrected chi connectivity index (χ2v) is 7.62. The van der Waals surface area contributed by atoms with Crippen LogP contribution in [0.2, 0.25) is 0 Å². The highest BCUT2D eigenvalue weighted by Crippen LogP contribution is 2.34. The molecule has 3 rings (SSSR count). The number of benzene rings is 1. The lowest BCUT2D eigenvalue weighted by atomic mass is 10.0. The molecule has 1 amide bonds. The Labute approximate surface area is 171 Å². The highest BCUT2D eigenvalue weighted by atomic mass is 16.4. The van der Waals surface area contributed by atoms with Crippen LogP contribution in [-0.4, -0.2) is 23.5 Å². The standard InChI is InChI=1S/C25H27NO3/c1-17(2)18-11-13-21-20(16-23(25(28)29)22(21)14-12-18)10-6-7-15-26-24(27)19-8-4-3-5-9-19/h3-5,8-9,11-14,16-17H,6-7,10,15H2,1-2H3,(H,26,27)(H,28,29). The van der Waals surface area contributed by atoms with Gasteiger partial charge in [0.25, 0.3) is 5.91 Å². The van der Waals surface area contributed by atoms with Gasteiger partial charge in [0.1, 0.15) is 0 Å². The van der Waals surface area contributed by atoms with Gasteiger partial charge in [0.15, 0.2) is 0 Å². The van der Waals surface area contributed by atoms with Crippen LogP contribution in [0.15, 0.2) is 60.7 Å². The van der Waals surface area contributed by atoms with Crippen molar-refractivity contribution >= 4 is 11.9 Å². The van der Waals surface area contributed by atoms with Crippen LogP contribution in [0.1, 0.15) is 64.4 Å². The van der Waals surface area contributed by atoms with E-state index in [0.29, 0.717) is 23.6 Å². The van der Waals surface area contributed by atoms with Gasteiger partial charge in [0.05, 0.1) is 5.56 Å². The van der Waals surface area contributed by atoms with Gasteiger partial charge in [-0.1, -0.05) is 56.3 Å². The van der Waals surface area contributed by atoms with E-state index in [-0.39, 0.29) is 5.91 Å². The summed E-state index contributed by atoms with van der Waals surface area (Å²) in [5, 5.41) is 12.5. The summed E-state index contributed by atoms with van der Waals surface area (Å²) in [6.07, 6.45) is 2.50. The van der Waals surface area contributed by atoms with Gasteiger partial charge in [-0.05, 0) is 65.6 Å². The molecule has 0 radical (unpaired) electrons. The highest BCUT2D eigenvalue weighted by molar-refractivity contribution is 5.99. The molecule has 0 fully saturated rings. The average molecular weight is 389 g/mol. The van der Waals surface area contributed by atoms with Crippen LogP contribution in [0.3, 0.4) is 0 Å². The van der Waals surface area contributed by atoms with Crippen molar-refractivity contribution < 1.29 is 14.7 Å². The third-order valence-electron chi connectivity index (χ3n) is 5.22. The molecule has 0 aliphatic heterocycles. The number of carboxylic acid groups (broad SMARTS) is 1. The maximum absolute atomic E-state index is 12.1. The molecule has 2 N–H and O–H groups in total. The molecule has 0 saturated carbocycles. The summed E-state index contributed by atoms with van der Waals surface area (Å²) < 4.78 is 0. The Kier molecular flexibility index (Phi) is 6.65.